The van der Waals surface area contributed by atoms with E-state index in [1.807, 2.05) is 6.07 Å². The van der Waals surface area contributed by atoms with Gasteiger partial charge in [-0.3, -0.25) is 9.36 Å². The van der Waals surface area contributed by atoms with Gasteiger partial charge in [-0.2, -0.15) is 0 Å². The van der Waals surface area contributed by atoms with E-state index < -0.39 is 0 Å². The summed E-state index contributed by atoms with van der Waals surface area (Å²) in [4.78, 5) is 33.9. The third kappa shape index (κ3) is 2.84. The van der Waals surface area contributed by atoms with Crippen LogP contribution in [0.4, 0.5) is 4.79 Å². The molecule has 0 bridgehead atoms. The Morgan fingerprint density at radius 3 is 2.80 bits per heavy atom. The SMILES string of the molecule is COC(=O)N1CC2(CC(NC(=O)c3cccc(-n4ccnc4)n3)C2)C1. The van der Waals surface area contributed by atoms with Gasteiger partial charge in [0, 0.05) is 36.9 Å². The van der Waals surface area contributed by atoms with E-state index in [1.54, 1.807) is 40.3 Å². The Bertz CT molecular complexity index is 790. The molecule has 1 spiro atoms. The first-order chi connectivity index (χ1) is 12.1. The standard InChI is InChI=1S/C17H19N5O3/c1-25-16(24)22-9-17(10-22)7-12(8-17)19-15(23)13-3-2-4-14(20-13)21-6-5-18-11-21/h2-6,11-12H,7-10H2,1H3,(H,19,23). The maximum atomic E-state index is 12.4. The van der Waals surface area contributed by atoms with E-state index in [-0.39, 0.29) is 23.5 Å². The third-order valence-corrected chi connectivity index (χ3v) is 4.92. The highest BCUT2D eigenvalue weighted by atomic mass is 16.5. The summed E-state index contributed by atoms with van der Waals surface area (Å²) < 4.78 is 6.46. The number of likely N-dealkylation sites (tertiary alicyclic amines) is 1. The van der Waals surface area contributed by atoms with Crippen molar-refractivity contribution in [3.05, 3.63) is 42.6 Å². The molecule has 0 aromatic carbocycles. The monoisotopic (exact) mass is 341 g/mol. The van der Waals surface area contributed by atoms with Crippen molar-refractivity contribution >= 4 is 12.0 Å². The number of imidazole rings is 1. The van der Waals surface area contributed by atoms with Crippen LogP contribution in [0.1, 0.15) is 23.3 Å². The van der Waals surface area contributed by atoms with E-state index in [4.69, 9.17) is 4.74 Å². The molecule has 8 heteroatoms. The van der Waals surface area contributed by atoms with Crippen molar-refractivity contribution in [1.29, 1.82) is 0 Å². The van der Waals surface area contributed by atoms with Crippen molar-refractivity contribution in [3.63, 3.8) is 0 Å². The van der Waals surface area contributed by atoms with Crippen LogP contribution in [-0.4, -0.2) is 57.7 Å². The zero-order chi connectivity index (χ0) is 17.4. The molecule has 0 unspecified atom stereocenters. The van der Waals surface area contributed by atoms with Crippen molar-refractivity contribution in [2.45, 2.75) is 18.9 Å². The summed E-state index contributed by atoms with van der Waals surface area (Å²) in [7, 11) is 1.39. The van der Waals surface area contributed by atoms with Crippen molar-refractivity contribution in [2.24, 2.45) is 5.41 Å². The minimum Gasteiger partial charge on any atom is -0.453 e. The molecule has 1 saturated carbocycles. The Labute approximate surface area is 144 Å². The molecule has 1 N–H and O–H groups in total. The lowest BCUT2D eigenvalue weighted by Gasteiger charge is -2.58. The molecule has 0 atom stereocenters. The Hall–Kier alpha value is -2.90. The van der Waals surface area contributed by atoms with Crippen LogP contribution < -0.4 is 5.32 Å². The number of methoxy groups -OCH3 is 1. The highest BCUT2D eigenvalue weighted by Crippen LogP contribution is 2.48. The highest BCUT2D eigenvalue weighted by molar-refractivity contribution is 5.92. The number of hydrogen-bond donors (Lipinski definition) is 1. The van der Waals surface area contributed by atoms with Gasteiger partial charge in [0.1, 0.15) is 17.8 Å². The molecule has 2 fully saturated rings. The fraction of sp³-hybridized carbons (Fsp3) is 0.412. The zero-order valence-electron chi connectivity index (χ0n) is 13.9. The number of nitrogens with one attached hydrogen (secondary N) is 1. The van der Waals surface area contributed by atoms with Crippen molar-refractivity contribution in [3.8, 4) is 5.82 Å². The van der Waals surface area contributed by atoms with Gasteiger partial charge in [-0.1, -0.05) is 6.07 Å². The number of ether oxygens (including phenoxy) is 1. The van der Waals surface area contributed by atoms with Crippen LogP contribution in [0.5, 0.6) is 0 Å². The van der Waals surface area contributed by atoms with Gasteiger partial charge < -0.3 is 15.0 Å². The van der Waals surface area contributed by atoms with Gasteiger partial charge in [-0.25, -0.2) is 14.8 Å². The number of carbonyl (C=O) groups is 2. The maximum Gasteiger partial charge on any atom is 0.409 e. The van der Waals surface area contributed by atoms with Crippen LogP contribution >= 0.6 is 0 Å². The lowest BCUT2D eigenvalue weighted by molar-refractivity contribution is -0.0653. The third-order valence-electron chi connectivity index (χ3n) is 4.92. The average molecular weight is 341 g/mol. The summed E-state index contributed by atoms with van der Waals surface area (Å²) in [6, 6.07) is 5.46. The number of hydrogen-bond acceptors (Lipinski definition) is 5. The van der Waals surface area contributed by atoms with Crippen LogP contribution in [0, 0.1) is 5.41 Å². The molecule has 2 aromatic heterocycles. The normalized spacial score (nSPS) is 18.4. The molecule has 1 saturated heterocycles. The molecule has 2 aliphatic rings. The summed E-state index contributed by atoms with van der Waals surface area (Å²) in [6.07, 6.45) is 6.57. The Morgan fingerprint density at radius 2 is 2.12 bits per heavy atom. The van der Waals surface area contributed by atoms with E-state index >= 15 is 0 Å². The lowest BCUT2D eigenvalue weighted by atomic mass is 9.61. The van der Waals surface area contributed by atoms with Gasteiger partial charge >= 0.3 is 6.09 Å². The van der Waals surface area contributed by atoms with Gasteiger partial charge in [0.15, 0.2) is 0 Å². The highest BCUT2D eigenvalue weighted by Gasteiger charge is 2.54. The zero-order valence-corrected chi connectivity index (χ0v) is 13.9. The van der Waals surface area contributed by atoms with Crippen molar-refractivity contribution in [2.75, 3.05) is 20.2 Å². The molecular formula is C17H19N5O3. The van der Waals surface area contributed by atoms with Crippen LogP contribution in [0.15, 0.2) is 36.9 Å². The molecule has 2 amide bonds. The van der Waals surface area contributed by atoms with Crippen LogP contribution in [0.25, 0.3) is 5.82 Å². The van der Waals surface area contributed by atoms with Gasteiger partial charge in [0.05, 0.1) is 7.11 Å². The van der Waals surface area contributed by atoms with Gasteiger partial charge in [-0.05, 0) is 25.0 Å². The number of carbonyl (C=O) groups excluding carboxylic acids is 2. The lowest BCUT2D eigenvalue weighted by Crippen LogP contribution is -2.67. The summed E-state index contributed by atoms with van der Waals surface area (Å²) in [5.41, 5.74) is 0.537. The average Bonchev–Trinajstić information content (AvgIpc) is 3.09. The molecule has 4 rings (SSSR count). The number of nitrogens with zero attached hydrogens (tertiary/aromatic N) is 4. The summed E-state index contributed by atoms with van der Waals surface area (Å²) in [5.74, 6) is 0.480. The number of aromatic nitrogens is 3. The molecule has 130 valence electrons. The van der Waals surface area contributed by atoms with Crippen LogP contribution in [-0.2, 0) is 4.74 Å². The number of amides is 2. The molecule has 0 radical (unpaired) electrons. The van der Waals surface area contributed by atoms with E-state index in [0.29, 0.717) is 24.6 Å². The Morgan fingerprint density at radius 1 is 1.32 bits per heavy atom. The van der Waals surface area contributed by atoms with E-state index in [1.165, 1.54) is 7.11 Å². The number of rotatable bonds is 3. The molecule has 8 nitrogen and oxygen atoms in total. The smallest absolute Gasteiger partial charge is 0.409 e. The second kappa shape index (κ2) is 5.87. The van der Waals surface area contributed by atoms with Gasteiger partial charge in [0.2, 0.25) is 0 Å². The van der Waals surface area contributed by atoms with E-state index in [0.717, 1.165) is 12.8 Å². The maximum absolute atomic E-state index is 12.4. The van der Waals surface area contributed by atoms with Crippen molar-refractivity contribution in [1.82, 2.24) is 24.8 Å². The Balaban J connectivity index is 1.32. The minimum atomic E-state index is -0.279. The largest absolute Gasteiger partial charge is 0.453 e. The predicted molar refractivity (Wildman–Crippen MR) is 88.3 cm³/mol. The quantitative estimate of drug-likeness (QED) is 0.907. The van der Waals surface area contributed by atoms with Gasteiger partial charge in [-0.15, -0.1) is 0 Å². The molecular weight excluding hydrogens is 322 g/mol. The topological polar surface area (TPSA) is 89.4 Å². The summed E-state index contributed by atoms with van der Waals surface area (Å²) in [6.45, 7) is 1.42. The number of pyridine rings is 1. The second-order valence-corrected chi connectivity index (χ2v) is 6.76. The predicted octanol–water partition coefficient (Wildman–Crippen LogP) is 1.23. The molecule has 1 aliphatic heterocycles. The van der Waals surface area contributed by atoms with Crippen molar-refractivity contribution < 1.29 is 14.3 Å². The first-order valence-electron chi connectivity index (χ1n) is 8.18. The minimum absolute atomic E-state index is 0.131. The Kier molecular flexibility index (Phi) is 3.67. The van der Waals surface area contributed by atoms with E-state index in [2.05, 4.69) is 15.3 Å². The first-order valence-corrected chi connectivity index (χ1v) is 8.18. The summed E-state index contributed by atoms with van der Waals surface area (Å²) >= 11 is 0. The molecule has 25 heavy (non-hydrogen) atoms. The second-order valence-electron chi connectivity index (χ2n) is 6.76. The fourth-order valence-corrected chi connectivity index (χ4v) is 3.72. The first kappa shape index (κ1) is 15.6. The fourth-order valence-electron chi connectivity index (χ4n) is 3.72. The summed E-state index contributed by atoms with van der Waals surface area (Å²) in [5, 5.41) is 3.03. The van der Waals surface area contributed by atoms with Gasteiger partial charge in [0.25, 0.3) is 5.91 Å². The molecule has 1 aliphatic carbocycles. The molecule has 3 heterocycles. The van der Waals surface area contributed by atoms with Crippen LogP contribution in [0.2, 0.25) is 0 Å². The molecule has 2 aromatic rings. The van der Waals surface area contributed by atoms with E-state index in [9.17, 15) is 9.59 Å². The van der Waals surface area contributed by atoms with Crippen LogP contribution in [0.3, 0.4) is 0 Å².